The van der Waals surface area contributed by atoms with Crippen molar-refractivity contribution in [3.05, 3.63) is 35.3 Å². The number of thiazole rings is 1. The van der Waals surface area contributed by atoms with E-state index in [9.17, 15) is 22.0 Å². The molecule has 1 aromatic heterocycles. The molecule has 11 heteroatoms. The Morgan fingerprint density at radius 3 is 2.70 bits per heavy atom. The summed E-state index contributed by atoms with van der Waals surface area (Å²) in [5.41, 5.74) is 1.46. The molecule has 0 bridgehead atoms. The molecule has 0 radical (unpaired) electrons. The van der Waals surface area contributed by atoms with Gasteiger partial charge < -0.3 is 4.90 Å². The van der Waals surface area contributed by atoms with Crippen LogP contribution < -0.4 is 9.62 Å². The molecule has 162 valence electrons. The van der Waals surface area contributed by atoms with Crippen LogP contribution in [0.25, 0.3) is 0 Å². The fraction of sp³-hybridized carbons (Fsp3) is 0.474. The molecular weight excluding hydrogens is 434 g/mol. The lowest BCUT2D eigenvalue weighted by Gasteiger charge is -2.34. The molecule has 2 aliphatic heterocycles. The Hall–Kier alpha value is -2.11. The molecule has 2 aromatic rings. The normalized spacial score (nSPS) is 19.3. The summed E-state index contributed by atoms with van der Waals surface area (Å²) >= 11 is 1.19. The van der Waals surface area contributed by atoms with Crippen LogP contribution in [0.1, 0.15) is 24.8 Å². The van der Waals surface area contributed by atoms with Gasteiger partial charge in [-0.1, -0.05) is 0 Å². The molecule has 1 N–H and O–H groups in total. The van der Waals surface area contributed by atoms with Gasteiger partial charge >= 0.3 is 0 Å². The molecule has 0 atom stereocenters. The molecule has 3 heterocycles. The number of aromatic nitrogens is 1. The zero-order valence-corrected chi connectivity index (χ0v) is 17.8. The highest BCUT2D eigenvalue weighted by Gasteiger charge is 2.35. The Morgan fingerprint density at radius 2 is 2.00 bits per heavy atom. The van der Waals surface area contributed by atoms with Crippen molar-refractivity contribution in [2.75, 3.05) is 35.8 Å². The molecule has 2 aliphatic rings. The van der Waals surface area contributed by atoms with Crippen LogP contribution in [-0.4, -0.2) is 56.3 Å². The van der Waals surface area contributed by atoms with E-state index in [1.54, 1.807) is 27.3 Å². The quantitative estimate of drug-likeness (QED) is 0.748. The van der Waals surface area contributed by atoms with Gasteiger partial charge in [-0.15, -0.1) is 11.3 Å². The van der Waals surface area contributed by atoms with Crippen molar-refractivity contribution < 1.29 is 22.0 Å². The van der Waals surface area contributed by atoms with E-state index < -0.39 is 15.9 Å². The van der Waals surface area contributed by atoms with E-state index >= 15 is 0 Å². The minimum absolute atomic E-state index is 0.0845. The average molecular weight is 457 g/mol. The fourth-order valence-corrected chi connectivity index (χ4v) is 5.60. The molecule has 1 amide bonds. The SMILES string of the molecule is O=C(CN1CCC(F)(F)CC1)N1CCCc2cc(S(=O)(=O)Nc3nccs3)ccc21. The maximum absolute atomic E-state index is 13.3. The maximum Gasteiger partial charge on any atom is 0.263 e. The molecule has 1 fully saturated rings. The fourth-order valence-electron chi connectivity index (χ4n) is 3.76. The van der Waals surface area contributed by atoms with Crippen LogP contribution in [0, 0.1) is 0 Å². The number of anilines is 2. The summed E-state index contributed by atoms with van der Waals surface area (Å²) in [5, 5.41) is 1.97. The highest BCUT2D eigenvalue weighted by Crippen LogP contribution is 2.31. The molecule has 1 saturated heterocycles. The Balaban J connectivity index is 1.48. The number of nitrogens with zero attached hydrogens (tertiary/aromatic N) is 3. The number of hydrogen-bond acceptors (Lipinski definition) is 6. The van der Waals surface area contributed by atoms with Crippen molar-refractivity contribution in [3.63, 3.8) is 0 Å². The van der Waals surface area contributed by atoms with E-state index in [4.69, 9.17) is 0 Å². The molecule has 4 rings (SSSR count). The van der Waals surface area contributed by atoms with E-state index in [0.717, 1.165) is 5.56 Å². The lowest BCUT2D eigenvalue weighted by Crippen LogP contribution is -2.47. The highest BCUT2D eigenvalue weighted by atomic mass is 32.2. The van der Waals surface area contributed by atoms with Crippen LogP contribution in [0.2, 0.25) is 0 Å². The largest absolute Gasteiger partial charge is 0.311 e. The number of amides is 1. The van der Waals surface area contributed by atoms with Gasteiger partial charge in [0.25, 0.3) is 15.9 Å². The number of likely N-dealkylation sites (tertiary alicyclic amines) is 1. The van der Waals surface area contributed by atoms with Gasteiger partial charge in [0.15, 0.2) is 5.13 Å². The number of piperidine rings is 1. The average Bonchev–Trinajstić information content (AvgIpc) is 3.21. The molecular formula is C19H22F2N4O3S2. The summed E-state index contributed by atoms with van der Waals surface area (Å²) < 4.78 is 54.4. The summed E-state index contributed by atoms with van der Waals surface area (Å²) in [5.74, 6) is -2.80. The van der Waals surface area contributed by atoms with Gasteiger partial charge in [0.05, 0.1) is 11.4 Å². The Bertz CT molecular complexity index is 1020. The van der Waals surface area contributed by atoms with Crippen LogP contribution in [-0.2, 0) is 21.2 Å². The number of nitrogens with one attached hydrogen (secondary N) is 1. The predicted octanol–water partition coefficient (Wildman–Crippen LogP) is 2.95. The topological polar surface area (TPSA) is 82.6 Å². The predicted molar refractivity (Wildman–Crippen MR) is 111 cm³/mol. The van der Waals surface area contributed by atoms with Crippen molar-refractivity contribution in [3.8, 4) is 0 Å². The number of aryl methyl sites for hydroxylation is 1. The zero-order chi connectivity index (χ0) is 21.4. The van der Waals surface area contributed by atoms with Crippen molar-refractivity contribution >= 4 is 38.1 Å². The van der Waals surface area contributed by atoms with Crippen molar-refractivity contribution in [1.29, 1.82) is 0 Å². The Labute approximate surface area is 177 Å². The van der Waals surface area contributed by atoms with Crippen molar-refractivity contribution in [2.24, 2.45) is 0 Å². The van der Waals surface area contributed by atoms with Crippen molar-refractivity contribution in [2.45, 2.75) is 36.5 Å². The van der Waals surface area contributed by atoms with Crippen LogP contribution >= 0.6 is 11.3 Å². The van der Waals surface area contributed by atoms with Crippen LogP contribution in [0.5, 0.6) is 0 Å². The second-order valence-corrected chi connectivity index (χ2v) is 10.1. The number of hydrogen-bond donors (Lipinski definition) is 1. The van der Waals surface area contributed by atoms with Gasteiger partial charge in [-0.25, -0.2) is 22.2 Å². The summed E-state index contributed by atoms with van der Waals surface area (Å²) in [7, 11) is -3.77. The molecule has 0 aliphatic carbocycles. The van der Waals surface area contributed by atoms with Gasteiger partial charge in [-0.05, 0) is 36.6 Å². The number of carbonyl (C=O) groups excluding carboxylic acids is 1. The first kappa shape index (κ1) is 21.1. The maximum atomic E-state index is 13.3. The first-order valence-corrected chi connectivity index (χ1v) is 12.1. The highest BCUT2D eigenvalue weighted by molar-refractivity contribution is 7.93. The Morgan fingerprint density at radius 1 is 1.23 bits per heavy atom. The van der Waals surface area contributed by atoms with E-state index in [1.165, 1.54) is 23.6 Å². The lowest BCUT2D eigenvalue weighted by molar-refractivity contribution is -0.122. The summed E-state index contributed by atoms with van der Waals surface area (Å²) in [6.45, 7) is 0.999. The van der Waals surface area contributed by atoms with Crippen LogP contribution in [0.3, 0.4) is 0 Å². The minimum Gasteiger partial charge on any atom is -0.311 e. The molecule has 30 heavy (non-hydrogen) atoms. The van der Waals surface area contributed by atoms with Gasteiger partial charge in [0.1, 0.15) is 0 Å². The van der Waals surface area contributed by atoms with E-state index in [1.807, 2.05) is 0 Å². The number of alkyl halides is 2. The number of carbonyl (C=O) groups is 1. The molecule has 0 saturated carbocycles. The second kappa shape index (κ2) is 8.20. The number of benzene rings is 1. The smallest absolute Gasteiger partial charge is 0.263 e. The molecule has 7 nitrogen and oxygen atoms in total. The first-order valence-electron chi connectivity index (χ1n) is 9.69. The minimum atomic E-state index is -3.77. The number of fused-ring (bicyclic) bond motifs is 1. The summed E-state index contributed by atoms with van der Waals surface area (Å²) in [6, 6.07) is 4.71. The van der Waals surface area contributed by atoms with Gasteiger partial charge in [-0.2, -0.15) is 0 Å². The van der Waals surface area contributed by atoms with Gasteiger partial charge in [-0.3, -0.25) is 14.4 Å². The van der Waals surface area contributed by atoms with E-state index in [-0.39, 0.29) is 48.4 Å². The van der Waals surface area contributed by atoms with Gasteiger partial charge in [0, 0.05) is 49.7 Å². The van der Waals surface area contributed by atoms with Crippen molar-refractivity contribution in [1.82, 2.24) is 9.88 Å². The molecule has 1 aromatic carbocycles. The molecule has 0 unspecified atom stereocenters. The number of sulfonamides is 1. The second-order valence-electron chi connectivity index (χ2n) is 7.51. The lowest BCUT2D eigenvalue weighted by atomic mass is 10.0. The van der Waals surface area contributed by atoms with E-state index in [0.29, 0.717) is 25.1 Å². The third kappa shape index (κ3) is 4.62. The third-order valence-electron chi connectivity index (χ3n) is 5.38. The third-order valence-corrected chi connectivity index (χ3v) is 7.54. The monoisotopic (exact) mass is 456 g/mol. The summed E-state index contributed by atoms with van der Waals surface area (Å²) in [4.78, 5) is 20.3. The van der Waals surface area contributed by atoms with Gasteiger partial charge in [0.2, 0.25) is 5.91 Å². The standard InChI is InChI=1S/C19H22F2N4O3S2/c20-19(21)5-9-24(10-6-19)13-17(26)25-8-1-2-14-12-15(3-4-16(14)25)30(27,28)23-18-22-7-11-29-18/h3-4,7,11-12H,1-2,5-6,8-10,13H2,(H,22,23). The Kier molecular flexibility index (Phi) is 5.78. The number of rotatable bonds is 5. The first-order chi connectivity index (χ1) is 14.2. The summed E-state index contributed by atoms with van der Waals surface area (Å²) in [6.07, 6.45) is 2.42. The number of halogens is 2. The molecule has 0 spiro atoms. The van der Waals surface area contributed by atoms with Crippen LogP contribution in [0.4, 0.5) is 19.6 Å². The zero-order valence-electron chi connectivity index (χ0n) is 16.2. The van der Waals surface area contributed by atoms with Crippen LogP contribution in [0.15, 0.2) is 34.7 Å². The van der Waals surface area contributed by atoms with E-state index in [2.05, 4.69) is 9.71 Å².